The van der Waals surface area contributed by atoms with E-state index in [1.165, 1.54) is 24.3 Å². The summed E-state index contributed by atoms with van der Waals surface area (Å²) in [5.41, 5.74) is 3.09. The highest BCUT2D eigenvalue weighted by atomic mass is 32.2. The molecule has 0 saturated heterocycles. The SMILES string of the molecule is CCN(C)C(=O)c1ccc(S(=O)(=O)Nc2ccc(C)c(C)c2)cc1. The molecule has 2 rings (SSSR count). The van der Waals surface area contributed by atoms with Gasteiger partial charge in [-0.1, -0.05) is 6.07 Å². The Morgan fingerprint density at radius 3 is 2.21 bits per heavy atom. The predicted molar refractivity (Wildman–Crippen MR) is 95.8 cm³/mol. The van der Waals surface area contributed by atoms with E-state index in [9.17, 15) is 13.2 Å². The molecule has 6 heteroatoms. The molecular formula is C18H22N2O3S. The first-order valence-corrected chi connectivity index (χ1v) is 9.18. The Hall–Kier alpha value is -2.34. The number of carbonyl (C=O) groups is 1. The molecule has 5 nitrogen and oxygen atoms in total. The minimum atomic E-state index is -3.69. The van der Waals surface area contributed by atoms with Crippen LogP contribution in [0.2, 0.25) is 0 Å². The van der Waals surface area contributed by atoms with E-state index in [4.69, 9.17) is 0 Å². The number of benzene rings is 2. The molecule has 2 aromatic carbocycles. The fourth-order valence-electron chi connectivity index (χ4n) is 2.16. The molecule has 0 atom stereocenters. The summed E-state index contributed by atoms with van der Waals surface area (Å²) < 4.78 is 27.5. The first-order valence-electron chi connectivity index (χ1n) is 7.70. The van der Waals surface area contributed by atoms with Gasteiger partial charge in [0.1, 0.15) is 0 Å². The van der Waals surface area contributed by atoms with E-state index in [1.54, 1.807) is 24.1 Å². The zero-order valence-corrected chi connectivity index (χ0v) is 15.1. The molecule has 0 radical (unpaired) electrons. The average Bonchev–Trinajstić information content (AvgIpc) is 2.56. The molecule has 1 N–H and O–H groups in total. The van der Waals surface area contributed by atoms with Gasteiger partial charge in [0.15, 0.2) is 0 Å². The van der Waals surface area contributed by atoms with E-state index in [2.05, 4.69) is 4.72 Å². The number of hydrogen-bond acceptors (Lipinski definition) is 3. The number of aryl methyl sites for hydroxylation is 2. The number of rotatable bonds is 5. The molecule has 0 bridgehead atoms. The molecule has 0 heterocycles. The maximum Gasteiger partial charge on any atom is 0.261 e. The Labute approximate surface area is 143 Å². The fourth-order valence-corrected chi connectivity index (χ4v) is 3.21. The van der Waals surface area contributed by atoms with Crippen molar-refractivity contribution in [3.05, 3.63) is 59.2 Å². The average molecular weight is 346 g/mol. The second kappa shape index (κ2) is 7.05. The maximum absolute atomic E-state index is 12.5. The van der Waals surface area contributed by atoms with Gasteiger partial charge in [0.25, 0.3) is 15.9 Å². The summed E-state index contributed by atoms with van der Waals surface area (Å²) in [6.45, 7) is 6.37. The number of hydrogen-bond donors (Lipinski definition) is 1. The van der Waals surface area contributed by atoms with Crippen LogP contribution in [0.4, 0.5) is 5.69 Å². The van der Waals surface area contributed by atoms with E-state index in [-0.39, 0.29) is 10.8 Å². The van der Waals surface area contributed by atoms with Crippen molar-refractivity contribution in [2.24, 2.45) is 0 Å². The van der Waals surface area contributed by atoms with Gasteiger partial charge in [0.05, 0.1) is 4.90 Å². The Bertz CT molecular complexity index is 843. The van der Waals surface area contributed by atoms with Crippen LogP contribution >= 0.6 is 0 Å². The molecule has 0 aromatic heterocycles. The second-order valence-electron chi connectivity index (χ2n) is 5.75. The van der Waals surface area contributed by atoms with Crippen molar-refractivity contribution in [1.82, 2.24) is 4.90 Å². The molecule has 0 aliphatic heterocycles. The Kier molecular flexibility index (Phi) is 5.29. The lowest BCUT2D eigenvalue weighted by molar-refractivity contribution is 0.0802. The molecule has 0 aliphatic carbocycles. The molecular weight excluding hydrogens is 324 g/mol. The molecule has 24 heavy (non-hydrogen) atoms. The standard InChI is InChI=1S/C18H22N2O3S/c1-5-20(4)18(21)15-7-10-17(11-8-15)24(22,23)19-16-9-6-13(2)14(3)12-16/h6-12,19H,5H2,1-4H3. The van der Waals surface area contributed by atoms with Gasteiger partial charge in [0.2, 0.25) is 0 Å². The zero-order valence-electron chi connectivity index (χ0n) is 14.3. The highest BCUT2D eigenvalue weighted by molar-refractivity contribution is 7.92. The van der Waals surface area contributed by atoms with Crippen LogP contribution in [-0.2, 0) is 10.0 Å². The van der Waals surface area contributed by atoms with Gasteiger partial charge in [-0.15, -0.1) is 0 Å². The third kappa shape index (κ3) is 3.94. The fraction of sp³-hybridized carbons (Fsp3) is 0.278. The number of sulfonamides is 1. The third-order valence-corrected chi connectivity index (χ3v) is 5.39. The number of nitrogens with one attached hydrogen (secondary N) is 1. The molecule has 0 unspecified atom stereocenters. The van der Waals surface area contributed by atoms with E-state index in [0.717, 1.165) is 11.1 Å². The van der Waals surface area contributed by atoms with Crippen LogP contribution in [0.1, 0.15) is 28.4 Å². The summed E-state index contributed by atoms with van der Waals surface area (Å²) in [6.07, 6.45) is 0. The van der Waals surface area contributed by atoms with Gasteiger partial charge in [-0.25, -0.2) is 8.42 Å². The largest absolute Gasteiger partial charge is 0.342 e. The van der Waals surface area contributed by atoms with Crippen LogP contribution in [0.3, 0.4) is 0 Å². The summed E-state index contributed by atoms with van der Waals surface area (Å²) in [7, 11) is -1.98. The van der Waals surface area contributed by atoms with Crippen LogP contribution in [0.15, 0.2) is 47.4 Å². The highest BCUT2D eigenvalue weighted by Crippen LogP contribution is 2.19. The third-order valence-electron chi connectivity index (χ3n) is 3.99. The Balaban J connectivity index is 2.23. The van der Waals surface area contributed by atoms with E-state index < -0.39 is 10.0 Å². The highest BCUT2D eigenvalue weighted by Gasteiger charge is 2.16. The van der Waals surface area contributed by atoms with Gasteiger partial charge < -0.3 is 4.90 Å². The van der Waals surface area contributed by atoms with Gasteiger partial charge >= 0.3 is 0 Å². The van der Waals surface area contributed by atoms with Crippen molar-refractivity contribution in [3.63, 3.8) is 0 Å². The molecule has 128 valence electrons. The molecule has 0 fully saturated rings. The number of carbonyl (C=O) groups excluding carboxylic acids is 1. The number of amides is 1. The van der Waals surface area contributed by atoms with Crippen molar-refractivity contribution in [1.29, 1.82) is 0 Å². The number of nitrogens with zero attached hydrogens (tertiary/aromatic N) is 1. The van der Waals surface area contributed by atoms with Crippen LogP contribution in [0.25, 0.3) is 0 Å². The van der Waals surface area contributed by atoms with Gasteiger partial charge in [-0.2, -0.15) is 0 Å². The van der Waals surface area contributed by atoms with E-state index >= 15 is 0 Å². The molecule has 2 aromatic rings. The topological polar surface area (TPSA) is 66.5 Å². The summed E-state index contributed by atoms with van der Waals surface area (Å²) in [5, 5.41) is 0. The lowest BCUT2D eigenvalue weighted by Crippen LogP contribution is -2.26. The summed E-state index contributed by atoms with van der Waals surface area (Å²) in [4.78, 5) is 13.7. The minimum absolute atomic E-state index is 0.122. The maximum atomic E-state index is 12.5. The predicted octanol–water partition coefficient (Wildman–Crippen LogP) is 3.20. The first kappa shape index (κ1) is 18.0. The molecule has 0 saturated carbocycles. The Morgan fingerprint density at radius 2 is 1.67 bits per heavy atom. The number of anilines is 1. The molecule has 1 amide bonds. The Morgan fingerprint density at radius 1 is 1.04 bits per heavy atom. The van der Waals surface area contributed by atoms with Crippen molar-refractivity contribution in [2.45, 2.75) is 25.7 Å². The van der Waals surface area contributed by atoms with Crippen molar-refractivity contribution >= 4 is 21.6 Å². The second-order valence-corrected chi connectivity index (χ2v) is 7.43. The zero-order chi connectivity index (χ0) is 17.9. The summed E-state index contributed by atoms with van der Waals surface area (Å²) in [5.74, 6) is -0.136. The van der Waals surface area contributed by atoms with Crippen molar-refractivity contribution < 1.29 is 13.2 Å². The smallest absolute Gasteiger partial charge is 0.261 e. The molecule has 0 spiro atoms. The lowest BCUT2D eigenvalue weighted by atomic mass is 10.1. The van der Waals surface area contributed by atoms with Crippen molar-refractivity contribution in [2.75, 3.05) is 18.3 Å². The first-order chi connectivity index (χ1) is 11.2. The summed E-state index contributed by atoms with van der Waals surface area (Å²) >= 11 is 0. The minimum Gasteiger partial charge on any atom is -0.342 e. The monoisotopic (exact) mass is 346 g/mol. The van der Waals surface area contributed by atoms with E-state index in [1.807, 2.05) is 26.8 Å². The van der Waals surface area contributed by atoms with Crippen LogP contribution < -0.4 is 4.72 Å². The van der Waals surface area contributed by atoms with Crippen molar-refractivity contribution in [3.8, 4) is 0 Å². The van der Waals surface area contributed by atoms with Crippen LogP contribution in [-0.4, -0.2) is 32.8 Å². The van der Waals surface area contributed by atoms with Gasteiger partial charge in [0, 0.05) is 24.8 Å². The molecule has 0 aliphatic rings. The quantitative estimate of drug-likeness (QED) is 0.904. The van der Waals surface area contributed by atoms with Gasteiger partial charge in [-0.3, -0.25) is 9.52 Å². The van der Waals surface area contributed by atoms with Gasteiger partial charge in [-0.05, 0) is 68.3 Å². The van der Waals surface area contributed by atoms with E-state index in [0.29, 0.717) is 17.8 Å². The summed E-state index contributed by atoms with van der Waals surface area (Å²) in [6, 6.07) is 11.3. The normalized spacial score (nSPS) is 11.2. The lowest BCUT2D eigenvalue weighted by Gasteiger charge is -2.15. The van der Waals surface area contributed by atoms with Crippen LogP contribution in [0, 0.1) is 13.8 Å². The van der Waals surface area contributed by atoms with Crippen LogP contribution in [0.5, 0.6) is 0 Å².